The Balaban J connectivity index is 1.32. The second kappa shape index (κ2) is 11.6. The molecule has 1 aromatic heterocycles. The third-order valence-corrected chi connectivity index (χ3v) is 7.54. The van der Waals surface area contributed by atoms with Crippen molar-refractivity contribution in [3.05, 3.63) is 58.7 Å². The average molecular weight is 552 g/mol. The van der Waals surface area contributed by atoms with E-state index in [0.717, 1.165) is 49.7 Å². The fourth-order valence-electron chi connectivity index (χ4n) is 5.12. The number of benzene rings is 2. The van der Waals surface area contributed by atoms with Gasteiger partial charge in [0.25, 0.3) is 5.91 Å². The van der Waals surface area contributed by atoms with Crippen molar-refractivity contribution < 1.29 is 14.3 Å². The Kier molecular flexibility index (Phi) is 8.06. The van der Waals surface area contributed by atoms with Crippen LogP contribution in [0.4, 0.5) is 28.8 Å². The molecule has 10 nitrogen and oxygen atoms in total. The van der Waals surface area contributed by atoms with Gasteiger partial charge in [-0.3, -0.25) is 9.69 Å². The molecule has 1 saturated heterocycles. The average Bonchev–Trinajstić information content (AvgIpc) is 3.23. The Morgan fingerprint density at radius 1 is 1.13 bits per heavy atom. The van der Waals surface area contributed by atoms with Crippen molar-refractivity contribution in [1.29, 1.82) is 0 Å². The number of ether oxygens (including phenoxy) is 2. The fraction of sp³-hybridized carbons (Fsp3) is 0.393. The summed E-state index contributed by atoms with van der Waals surface area (Å²) < 4.78 is 11.0. The first-order valence-corrected chi connectivity index (χ1v) is 13.4. The number of rotatable bonds is 9. The Labute approximate surface area is 233 Å². The van der Waals surface area contributed by atoms with Gasteiger partial charge in [0, 0.05) is 64.7 Å². The Hall–Kier alpha value is -3.60. The zero-order chi connectivity index (χ0) is 27.5. The smallest absolute Gasteiger partial charge is 0.256 e. The van der Waals surface area contributed by atoms with Crippen LogP contribution in [0.3, 0.4) is 0 Å². The Morgan fingerprint density at radius 2 is 1.97 bits per heavy atom. The quantitative estimate of drug-likeness (QED) is 0.402. The molecule has 2 aliphatic rings. The molecule has 0 aliphatic carbocycles. The maximum atomic E-state index is 12.7. The summed E-state index contributed by atoms with van der Waals surface area (Å²) in [5.74, 6) is 1.40. The van der Waals surface area contributed by atoms with Gasteiger partial charge in [0.1, 0.15) is 10.8 Å². The van der Waals surface area contributed by atoms with Crippen LogP contribution in [0.25, 0.3) is 0 Å². The van der Waals surface area contributed by atoms with Crippen LogP contribution in [0.1, 0.15) is 22.8 Å². The summed E-state index contributed by atoms with van der Waals surface area (Å²) in [6.45, 7) is 7.34. The van der Waals surface area contributed by atoms with Gasteiger partial charge in [0.05, 0.1) is 36.9 Å². The maximum Gasteiger partial charge on any atom is 0.256 e. The largest absolute Gasteiger partial charge is 0.494 e. The minimum absolute atomic E-state index is 0.0350. The molecular formula is C28H34ClN7O3. The van der Waals surface area contributed by atoms with Gasteiger partial charge in [-0.2, -0.15) is 4.98 Å². The van der Waals surface area contributed by atoms with Crippen LogP contribution >= 0.6 is 11.6 Å². The summed E-state index contributed by atoms with van der Waals surface area (Å²) in [4.78, 5) is 28.1. The number of aromatic nitrogens is 2. The minimum atomic E-state index is -0.0350. The van der Waals surface area contributed by atoms with Crippen LogP contribution < -0.4 is 20.3 Å². The SMILES string of the molecule is COCCN1CCN(c2ccc(Nc3ncc(Cl)c(Nc4cccc5c4C(=O)N(C)C5)n3)c(OC)c2)C[C@H]1C. The standard InChI is InChI=1S/C28H34ClN7O3/c1-18-16-36(11-10-35(18)12-13-38-3)20-8-9-22(24(14-20)39-4)32-28-30-15-21(29)26(33-28)31-23-7-5-6-19-17-34(2)27(37)25(19)23/h5-9,14-15,18H,10-13,16-17H2,1-4H3,(H2,30,31,32,33)/t18-/m1/s1. The van der Waals surface area contributed by atoms with Gasteiger partial charge in [-0.1, -0.05) is 23.7 Å². The van der Waals surface area contributed by atoms with Crippen LogP contribution in [0.15, 0.2) is 42.6 Å². The van der Waals surface area contributed by atoms with Crippen LogP contribution in [0.5, 0.6) is 5.75 Å². The van der Waals surface area contributed by atoms with Gasteiger partial charge < -0.3 is 29.9 Å². The lowest BCUT2D eigenvalue weighted by atomic mass is 10.1. The zero-order valence-electron chi connectivity index (χ0n) is 22.7. The van der Waals surface area contributed by atoms with Crippen molar-refractivity contribution in [1.82, 2.24) is 19.8 Å². The molecule has 1 fully saturated rings. The van der Waals surface area contributed by atoms with E-state index < -0.39 is 0 Å². The molecule has 2 N–H and O–H groups in total. The van der Waals surface area contributed by atoms with E-state index in [-0.39, 0.29) is 5.91 Å². The number of halogens is 1. The molecule has 1 amide bonds. The van der Waals surface area contributed by atoms with E-state index in [2.05, 4.69) is 43.4 Å². The molecule has 3 aromatic rings. The third-order valence-electron chi connectivity index (χ3n) is 7.26. The lowest BCUT2D eigenvalue weighted by Crippen LogP contribution is -2.52. The molecule has 0 saturated carbocycles. The van der Waals surface area contributed by atoms with Gasteiger partial charge in [-0.05, 0) is 30.7 Å². The number of nitrogens with one attached hydrogen (secondary N) is 2. The molecule has 206 valence electrons. The first-order chi connectivity index (χ1) is 18.9. The second-order valence-electron chi connectivity index (χ2n) is 9.85. The topological polar surface area (TPSA) is 95.1 Å². The molecule has 2 aliphatic heterocycles. The van der Waals surface area contributed by atoms with E-state index in [1.807, 2.05) is 30.3 Å². The zero-order valence-corrected chi connectivity index (χ0v) is 23.5. The minimum Gasteiger partial charge on any atom is -0.494 e. The number of carbonyl (C=O) groups is 1. The molecule has 0 radical (unpaired) electrons. The van der Waals surface area contributed by atoms with Crippen LogP contribution in [0, 0.1) is 0 Å². The van der Waals surface area contributed by atoms with Crippen LogP contribution in [-0.4, -0.2) is 85.8 Å². The number of nitrogens with zero attached hydrogens (tertiary/aromatic N) is 5. The molecule has 2 aromatic carbocycles. The summed E-state index contributed by atoms with van der Waals surface area (Å²) >= 11 is 6.43. The number of carbonyl (C=O) groups excluding carboxylic acids is 1. The van der Waals surface area contributed by atoms with Crippen molar-refractivity contribution in [2.45, 2.75) is 19.5 Å². The number of piperazine rings is 1. The molecule has 5 rings (SSSR count). The van der Waals surface area contributed by atoms with E-state index in [0.29, 0.717) is 46.4 Å². The molecule has 3 heterocycles. The number of hydrogen-bond donors (Lipinski definition) is 2. The van der Waals surface area contributed by atoms with E-state index in [1.54, 1.807) is 26.2 Å². The molecule has 11 heteroatoms. The highest BCUT2D eigenvalue weighted by molar-refractivity contribution is 6.33. The normalized spacial score (nSPS) is 17.4. The Morgan fingerprint density at radius 3 is 2.74 bits per heavy atom. The van der Waals surface area contributed by atoms with Crippen molar-refractivity contribution in [3.63, 3.8) is 0 Å². The molecule has 0 bridgehead atoms. The lowest BCUT2D eigenvalue weighted by molar-refractivity contribution is 0.0817. The van der Waals surface area contributed by atoms with Crippen molar-refractivity contribution in [3.8, 4) is 5.75 Å². The van der Waals surface area contributed by atoms with Gasteiger partial charge in [0.15, 0.2) is 5.82 Å². The monoisotopic (exact) mass is 551 g/mol. The summed E-state index contributed by atoms with van der Waals surface area (Å²) in [5.41, 5.74) is 4.09. The predicted molar refractivity (Wildman–Crippen MR) is 154 cm³/mol. The third kappa shape index (κ3) is 5.73. The molecule has 1 atom stereocenters. The van der Waals surface area contributed by atoms with Gasteiger partial charge in [-0.25, -0.2) is 4.98 Å². The number of amides is 1. The maximum absolute atomic E-state index is 12.7. The highest BCUT2D eigenvalue weighted by Crippen LogP contribution is 2.35. The molecular weight excluding hydrogens is 518 g/mol. The van der Waals surface area contributed by atoms with Gasteiger partial charge >= 0.3 is 0 Å². The Bertz CT molecular complexity index is 1350. The molecule has 0 spiro atoms. The van der Waals surface area contributed by atoms with Crippen molar-refractivity contribution in [2.24, 2.45) is 0 Å². The van der Waals surface area contributed by atoms with Gasteiger partial charge in [0.2, 0.25) is 5.95 Å². The first kappa shape index (κ1) is 27.0. The molecule has 0 unspecified atom stereocenters. The highest BCUT2D eigenvalue weighted by atomic mass is 35.5. The summed E-state index contributed by atoms with van der Waals surface area (Å²) in [5, 5.41) is 6.83. The number of fused-ring (bicyclic) bond motifs is 1. The van der Waals surface area contributed by atoms with Crippen LogP contribution in [-0.2, 0) is 11.3 Å². The van der Waals surface area contributed by atoms with E-state index >= 15 is 0 Å². The lowest BCUT2D eigenvalue weighted by Gasteiger charge is -2.41. The first-order valence-electron chi connectivity index (χ1n) is 13.0. The fourth-order valence-corrected chi connectivity index (χ4v) is 5.26. The summed E-state index contributed by atoms with van der Waals surface area (Å²) in [6, 6.07) is 12.2. The molecule has 39 heavy (non-hydrogen) atoms. The van der Waals surface area contributed by atoms with Crippen molar-refractivity contribution >= 4 is 46.3 Å². The van der Waals surface area contributed by atoms with Gasteiger partial charge in [-0.15, -0.1) is 0 Å². The predicted octanol–water partition coefficient (Wildman–Crippen LogP) is 4.37. The number of methoxy groups -OCH3 is 2. The van der Waals surface area contributed by atoms with E-state index in [4.69, 9.17) is 21.1 Å². The van der Waals surface area contributed by atoms with E-state index in [1.165, 1.54) is 6.20 Å². The summed E-state index contributed by atoms with van der Waals surface area (Å²) in [7, 11) is 5.17. The van der Waals surface area contributed by atoms with E-state index in [9.17, 15) is 4.79 Å². The number of hydrogen-bond acceptors (Lipinski definition) is 9. The number of anilines is 5. The van der Waals surface area contributed by atoms with Crippen molar-refractivity contribution in [2.75, 3.05) is 69.6 Å². The highest BCUT2D eigenvalue weighted by Gasteiger charge is 2.28. The summed E-state index contributed by atoms with van der Waals surface area (Å²) in [6.07, 6.45) is 1.53. The van der Waals surface area contributed by atoms with Crippen LogP contribution in [0.2, 0.25) is 5.02 Å². The second-order valence-corrected chi connectivity index (χ2v) is 10.3.